The fourth-order valence-corrected chi connectivity index (χ4v) is 1.59. The van der Waals surface area contributed by atoms with E-state index in [0.717, 1.165) is 0 Å². The second-order valence-corrected chi connectivity index (χ2v) is 4.87. The van der Waals surface area contributed by atoms with Crippen LogP contribution in [-0.4, -0.2) is 11.4 Å². The maximum Gasteiger partial charge on any atom is 0.254 e. The van der Waals surface area contributed by atoms with Crippen molar-refractivity contribution in [1.82, 2.24) is 5.32 Å². The molecule has 1 aromatic carbocycles. The summed E-state index contributed by atoms with van der Waals surface area (Å²) in [5, 5.41) is 3.03. The number of rotatable bonds is 2. The number of carbonyl (C=O) groups is 1. The minimum absolute atomic E-state index is 0.159. The summed E-state index contributed by atoms with van der Waals surface area (Å²) in [4.78, 5) is 11.9. The summed E-state index contributed by atoms with van der Waals surface area (Å²) >= 11 is 11.8. The van der Waals surface area contributed by atoms with Crippen LogP contribution in [0.1, 0.15) is 24.2 Å². The standard InChI is InChI=1S/C12H12Cl2N2O/c1-4-12(2,3)16-11(17)8-5-7(15)6-9(13)10(8)14/h1,5-6H,15H2,2-3H3,(H,16,17). The zero-order valence-electron chi connectivity index (χ0n) is 9.47. The number of amides is 1. The molecule has 1 rings (SSSR count). The van der Waals surface area contributed by atoms with E-state index in [0.29, 0.717) is 5.69 Å². The van der Waals surface area contributed by atoms with Gasteiger partial charge in [0.25, 0.3) is 5.91 Å². The normalized spacial score (nSPS) is 10.8. The van der Waals surface area contributed by atoms with Gasteiger partial charge in [-0.3, -0.25) is 4.79 Å². The third kappa shape index (κ3) is 3.29. The highest BCUT2D eigenvalue weighted by molar-refractivity contribution is 6.44. The van der Waals surface area contributed by atoms with Gasteiger partial charge in [0.1, 0.15) is 0 Å². The van der Waals surface area contributed by atoms with Crippen molar-refractivity contribution >= 4 is 34.8 Å². The predicted octanol–water partition coefficient (Wildman–Crippen LogP) is 2.72. The molecule has 0 spiro atoms. The number of carbonyl (C=O) groups excluding carboxylic acids is 1. The van der Waals surface area contributed by atoms with Crippen LogP contribution in [0.2, 0.25) is 10.0 Å². The summed E-state index contributed by atoms with van der Waals surface area (Å²) in [6, 6.07) is 2.93. The van der Waals surface area contributed by atoms with Crippen molar-refractivity contribution < 1.29 is 4.79 Å². The average molecular weight is 271 g/mol. The number of anilines is 1. The minimum Gasteiger partial charge on any atom is -0.399 e. The van der Waals surface area contributed by atoms with E-state index in [9.17, 15) is 4.79 Å². The molecule has 0 aliphatic carbocycles. The van der Waals surface area contributed by atoms with Gasteiger partial charge >= 0.3 is 0 Å². The van der Waals surface area contributed by atoms with E-state index < -0.39 is 11.4 Å². The van der Waals surface area contributed by atoms with Crippen LogP contribution in [-0.2, 0) is 0 Å². The third-order valence-electron chi connectivity index (χ3n) is 2.08. The van der Waals surface area contributed by atoms with Gasteiger partial charge in [0.15, 0.2) is 0 Å². The van der Waals surface area contributed by atoms with Crippen molar-refractivity contribution in [2.75, 3.05) is 5.73 Å². The molecule has 90 valence electrons. The zero-order chi connectivity index (χ0) is 13.2. The molecule has 0 unspecified atom stereocenters. The first kappa shape index (κ1) is 13.7. The Kier molecular flexibility index (Phi) is 3.92. The molecule has 0 atom stereocenters. The Bertz CT molecular complexity index is 504. The molecular weight excluding hydrogens is 259 g/mol. The molecule has 0 heterocycles. The van der Waals surface area contributed by atoms with Gasteiger partial charge in [-0.1, -0.05) is 29.1 Å². The second kappa shape index (κ2) is 4.87. The second-order valence-electron chi connectivity index (χ2n) is 4.09. The Hall–Kier alpha value is -1.37. The maximum absolute atomic E-state index is 11.9. The highest BCUT2D eigenvalue weighted by atomic mass is 35.5. The van der Waals surface area contributed by atoms with E-state index >= 15 is 0 Å². The number of benzene rings is 1. The Balaban J connectivity index is 3.10. The lowest BCUT2D eigenvalue weighted by Crippen LogP contribution is -2.42. The first-order valence-corrected chi connectivity index (χ1v) is 5.57. The Labute approximate surface area is 110 Å². The SMILES string of the molecule is C#CC(C)(C)NC(=O)c1cc(N)cc(Cl)c1Cl. The summed E-state index contributed by atoms with van der Waals surface area (Å²) in [7, 11) is 0. The number of nitrogens with one attached hydrogen (secondary N) is 1. The Morgan fingerprint density at radius 1 is 1.47 bits per heavy atom. The van der Waals surface area contributed by atoms with E-state index in [1.54, 1.807) is 13.8 Å². The summed E-state index contributed by atoms with van der Waals surface area (Å²) < 4.78 is 0. The first-order valence-electron chi connectivity index (χ1n) is 4.81. The lowest BCUT2D eigenvalue weighted by Gasteiger charge is -2.20. The van der Waals surface area contributed by atoms with E-state index in [1.807, 2.05) is 0 Å². The lowest BCUT2D eigenvalue weighted by molar-refractivity contribution is 0.0930. The number of hydrogen-bond acceptors (Lipinski definition) is 2. The van der Waals surface area contributed by atoms with Gasteiger partial charge in [-0.05, 0) is 26.0 Å². The van der Waals surface area contributed by atoms with Crippen LogP contribution in [0.3, 0.4) is 0 Å². The summed E-state index contributed by atoms with van der Waals surface area (Å²) in [6.07, 6.45) is 5.28. The van der Waals surface area contributed by atoms with E-state index in [2.05, 4.69) is 11.2 Å². The van der Waals surface area contributed by atoms with Gasteiger partial charge in [0.2, 0.25) is 0 Å². The molecule has 0 fully saturated rings. The van der Waals surface area contributed by atoms with Gasteiger partial charge in [-0.15, -0.1) is 6.42 Å². The molecule has 17 heavy (non-hydrogen) atoms. The average Bonchev–Trinajstić information content (AvgIpc) is 2.22. The van der Waals surface area contributed by atoms with Crippen LogP contribution in [0.15, 0.2) is 12.1 Å². The van der Waals surface area contributed by atoms with Gasteiger partial charge in [0.05, 0.1) is 21.1 Å². The van der Waals surface area contributed by atoms with E-state index in [4.69, 9.17) is 35.4 Å². The molecule has 0 saturated carbocycles. The molecule has 0 aromatic heterocycles. The molecule has 5 heteroatoms. The van der Waals surface area contributed by atoms with Gasteiger partial charge in [-0.2, -0.15) is 0 Å². The largest absolute Gasteiger partial charge is 0.399 e. The van der Waals surface area contributed by atoms with Crippen LogP contribution >= 0.6 is 23.2 Å². The number of nitrogens with two attached hydrogens (primary N) is 1. The lowest BCUT2D eigenvalue weighted by atomic mass is 10.1. The third-order valence-corrected chi connectivity index (χ3v) is 2.88. The Morgan fingerprint density at radius 2 is 2.06 bits per heavy atom. The summed E-state index contributed by atoms with van der Waals surface area (Å²) in [6.45, 7) is 3.40. The molecule has 3 nitrogen and oxygen atoms in total. The number of nitrogen functional groups attached to an aromatic ring is 1. The zero-order valence-corrected chi connectivity index (χ0v) is 11.0. The minimum atomic E-state index is -0.766. The van der Waals surface area contributed by atoms with E-state index in [1.165, 1.54) is 12.1 Å². The molecular formula is C12H12Cl2N2O. The molecule has 0 aliphatic rings. The highest BCUT2D eigenvalue weighted by Gasteiger charge is 2.21. The molecule has 0 aliphatic heterocycles. The van der Waals surface area contributed by atoms with Crippen molar-refractivity contribution in [2.45, 2.75) is 19.4 Å². The van der Waals surface area contributed by atoms with Crippen LogP contribution in [0, 0.1) is 12.3 Å². The fraction of sp³-hybridized carbons (Fsp3) is 0.250. The first-order chi connectivity index (χ1) is 7.76. The van der Waals surface area contributed by atoms with Crippen LogP contribution in [0.25, 0.3) is 0 Å². The molecule has 1 amide bonds. The predicted molar refractivity (Wildman–Crippen MR) is 71.3 cm³/mol. The smallest absolute Gasteiger partial charge is 0.254 e. The molecule has 1 aromatic rings. The topological polar surface area (TPSA) is 55.1 Å². The molecule has 0 saturated heterocycles. The van der Waals surface area contributed by atoms with Crippen LogP contribution in [0.4, 0.5) is 5.69 Å². The van der Waals surface area contributed by atoms with Crippen LogP contribution < -0.4 is 11.1 Å². The van der Waals surface area contributed by atoms with Crippen molar-refractivity contribution in [3.8, 4) is 12.3 Å². The van der Waals surface area contributed by atoms with Gasteiger partial charge in [-0.25, -0.2) is 0 Å². The maximum atomic E-state index is 11.9. The Morgan fingerprint density at radius 3 is 2.59 bits per heavy atom. The highest BCUT2D eigenvalue weighted by Crippen LogP contribution is 2.28. The molecule has 0 bridgehead atoms. The van der Waals surface area contributed by atoms with Crippen molar-refractivity contribution in [3.63, 3.8) is 0 Å². The van der Waals surface area contributed by atoms with Crippen molar-refractivity contribution in [2.24, 2.45) is 0 Å². The summed E-state index contributed by atoms with van der Waals surface area (Å²) in [5.74, 6) is 2.04. The van der Waals surface area contributed by atoms with Gasteiger partial charge in [0, 0.05) is 5.69 Å². The molecule has 0 radical (unpaired) electrons. The number of hydrogen-bond donors (Lipinski definition) is 2. The molecule has 3 N–H and O–H groups in total. The quantitative estimate of drug-likeness (QED) is 0.642. The van der Waals surface area contributed by atoms with Crippen molar-refractivity contribution in [3.05, 3.63) is 27.7 Å². The van der Waals surface area contributed by atoms with Crippen LogP contribution in [0.5, 0.6) is 0 Å². The van der Waals surface area contributed by atoms with Gasteiger partial charge < -0.3 is 11.1 Å². The number of halogens is 2. The van der Waals surface area contributed by atoms with E-state index in [-0.39, 0.29) is 15.6 Å². The summed E-state index contributed by atoms with van der Waals surface area (Å²) in [5.41, 5.74) is 5.40. The number of terminal acetylenes is 1. The monoisotopic (exact) mass is 270 g/mol. The van der Waals surface area contributed by atoms with Crippen molar-refractivity contribution in [1.29, 1.82) is 0 Å². The fourth-order valence-electron chi connectivity index (χ4n) is 1.16.